The monoisotopic (exact) mass is 355 g/mol. The first-order valence-electron chi connectivity index (χ1n) is 9.17. The molecule has 0 aliphatic carbocycles. The molecule has 0 saturated carbocycles. The number of anilines is 1. The van der Waals surface area contributed by atoms with Crippen molar-refractivity contribution in [3.63, 3.8) is 0 Å². The van der Waals surface area contributed by atoms with Crippen LogP contribution in [-0.4, -0.2) is 41.8 Å². The van der Waals surface area contributed by atoms with Crippen LogP contribution in [0.15, 0.2) is 36.7 Å². The lowest BCUT2D eigenvalue weighted by molar-refractivity contribution is -0.125. The van der Waals surface area contributed by atoms with Crippen LogP contribution in [-0.2, 0) is 26.7 Å². The predicted molar refractivity (Wildman–Crippen MR) is 98.1 cm³/mol. The summed E-state index contributed by atoms with van der Waals surface area (Å²) in [5.74, 6) is 0.822. The first kappa shape index (κ1) is 17.2. The molecule has 1 unspecified atom stereocenters. The highest BCUT2D eigenvalue weighted by atomic mass is 16.5. The molecule has 0 N–H and O–H groups in total. The van der Waals surface area contributed by atoms with Crippen molar-refractivity contribution in [2.45, 2.75) is 31.3 Å². The summed E-state index contributed by atoms with van der Waals surface area (Å²) in [6.45, 7) is 4.20. The normalized spacial score (nSPS) is 19.5. The van der Waals surface area contributed by atoms with Gasteiger partial charge in [0, 0.05) is 50.3 Å². The van der Waals surface area contributed by atoms with Gasteiger partial charge >= 0.3 is 0 Å². The highest BCUT2D eigenvalue weighted by Crippen LogP contribution is 2.46. The molecule has 1 amide bonds. The van der Waals surface area contributed by atoms with Crippen LogP contribution in [0.4, 0.5) is 5.69 Å². The van der Waals surface area contributed by atoms with E-state index in [9.17, 15) is 4.79 Å². The number of aryl methyl sites for hydroxylation is 1. The van der Waals surface area contributed by atoms with Gasteiger partial charge in [-0.3, -0.25) is 4.79 Å². The molecule has 1 aromatic heterocycles. The van der Waals surface area contributed by atoms with Gasteiger partial charge in [-0.2, -0.15) is 0 Å². The number of amides is 1. The second kappa shape index (κ2) is 6.85. The van der Waals surface area contributed by atoms with E-state index in [1.165, 1.54) is 5.56 Å². The lowest BCUT2D eigenvalue weighted by Gasteiger charge is -2.34. The van der Waals surface area contributed by atoms with Crippen molar-refractivity contribution in [2.24, 2.45) is 7.05 Å². The quantitative estimate of drug-likeness (QED) is 0.846. The Hall–Kier alpha value is -2.18. The highest BCUT2D eigenvalue weighted by Gasteiger charge is 2.45. The summed E-state index contributed by atoms with van der Waals surface area (Å²) in [6, 6.07) is 8.25. The minimum absolute atomic E-state index is 0.00174. The van der Waals surface area contributed by atoms with Crippen molar-refractivity contribution in [3.8, 4) is 0 Å². The molecule has 2 aliphatic heterocycles. The van der Waals surface area contributed by atoms with E-state index in [1.54, 1.807) is 6.20 Å². The van der Waals surface area contributed by atoms with Gasteiger partial charge in [-0.1, -0.05) is 18.2 Å². The summed E-state index contributed by atoms with van der Waals surface area (Å²) >= 11 is 0. The van der Waals surface area contributed by atoms with E-state index in [4.69, 9.17) is 9.47 Å². The van der Waals surface area contributed by atoms with Gasteiger partial charge in [-0.15, -0.1) is 0 Å². The number of carbonyl (C=O) groups excluding carboxylic acids is 1. The Labute approximate surface area is 153 Å². The fraction of sp³-hybridized carbons (Fsp3) is 0.500. The SMILES string of the molecule is CC(OCC(=O)N1CC2(CCOCC2)c2ccccc21)c1nccn1C. The molecule has 26 heavy (non-hydrogen) atoms. The smallest absolute Gasteiger partial charge is 0.253 e. The van der Waals surface area contributed by atoms with E-state index in [1.807, 2.05) is 41.8 Å². The number of nitrogens with zero attached hydrogens (tertiary/aromatic N) is 3. The van der Waals surface area contributed by atoms with Crippen molar-refractivity contribution in [2.75, 3.05) is 31.3 Å². The lowest BCUT2D eigenvalue weighted by atomic mass is 9.76. The molecule has 0 bridgehead atoms. The van der Waals surface area contributed by atoms with Crippen LogP contribution < -0.4 is 4.90 Å². The van der Waals surface area contributed by atoms with Crippen molar-refractivity contribution in [1.82, 2.24) is 9.55 Å². The minimum Gasteiger partial charge on any atom is -0.381 e. The zero-order valence-electron chi connectivity index (χ0n) is 15.4. The first-order chi connectivity index (χ1) is 12.6. The van der Waals surface area contributed by atoms with E-state index in [0.717, 1.165) is 37.6 Å². The van der Waals surface area contributed by atoms with E-state index in [-0.39, 0.29) is 24.0 Å². The van der Waals surface area contributed by atoms with Gasteiger partial charge in [0.1, 0.15) is 18.5 Å². The number of benzene rings is 1. The van der Waals surface area contributed by atoms with Gasteiger partial charge in [-0.25, -0.2) is 4.98 Å². The lowest BCUT2D eigenvalue weighted by Crippen LogP contribution is -2.42. The number of rotatable bonds is 4. The molecule has 0 radical (unpaired) electrons. The number of hydrogen-bond acceptors (Lipinski definition) is 4. The van der Waals surface area contributed by atoms with Crippen molar-refractivity contribution < 1.29 is 14.3 Å². The van der Waals surface area contributed by atoms with Crippen LogP contribution in [0.1, 0.15) is 37.3 Å². The molecule has 138 valence electrons. The summed E-state index contributed by atoms with van der Waals surface area (Å²) in [6.07, 6.45) is 5.30. The van der Waals surface area contributed by atoms with Crippen LogP contribution in [0.25, 0.3) is 0 Å². The van der Waals surface area contributed by atoms with Crippen molar-refractivity contribution >= 4 is 11.6 Å². The topological polar surface area (TPSA) is 56.6 Å². The maximum Gasteiger partial charge on any atom is 0.253 e. The van der Waals surface area contributed by atoms with Crippen LogP contribution in [0.5, 0.6) is 0 Å². The standard InChI is InChI=1S/C20H25N3O3/c1-15(19-21-9-10-22(19)2)26-13-18(24)23-14-20(7-11-25-12-8-20)16-5-3-4-6-17(16)23/h3-6,9-10,15H,7-8,11-14H2,1-2H3. The second-order valence-corrected chi connectivity index (χ2v) is 7.24. The summed E-state index contributed by atoms with van der Waals surface area (Å²) in [7, 11) is 1.93. The number of hydrogen-bond donors (Lipinski definition) is 0. The maximum atomic E-state index is 12.9. The number of aromatic nitrogens is 2. The number of fused-ring (bicyclic) bond motifs is 2. The number of para-hydroxylation sites is 1. The number of imidazole rings is 1. The van der Waals surface area contributed by atoms with Gasteiger partial charge in [0.05, 0.1) is 0 Å². The Morgan fingerprint density at radius 3 is 2.85 bits per heavy atom. The molecule has 6 nitrogen and oxygen atoms in total. The molecule has 4 rings (SSSR count). The molecule has 1 fully saturated rings. The largest absolute Gasteiger partial charge is 0.381 e. The third kappa shape index (κ3) is 2.93. The number of carbonyl (C=O) groups is 1. The summed E-state index contributed by atoms with van der Waals surface area (Å²) < 4.78 is 13.3. The predicted octanol–water partition coefficient (Wildman–Crippen LogP) is 2.59. The Balaban J connectivity index is 1.49. The molecule has 2 aliphatic rings. The molecule has 1 spiro atoms. The summed E-state index contributed by atoms with van der Waals surface area (Å²) in [4.78, 5) is 19.1. The van der Waals surface area contributed by atoms with Gasteiger partial charge in [0.15, 0.2) is 0 Å². The van der Waals surface area contributed by atoms with Crippen LogP contribution in [0, 0.1) is 0 Å². The third-order valence-corrected chi connectivity index (χ3v) is 5.66. The Morgan fingerprint density at radius 1 is 1.35 bits per heavy atom. The van der Waals surface area contributed by atoms with Crippen molar-refractivity contribution in [1.29, 1.82) is 0 Å². The van der Waals surface area contributed by atoms with Crippen LogP contribution >= 0.6 is 0 Å². The molecule has 2 aromatic rings. The van der Waals surface area contributed by atoms with Gasteiger partial charge in [-0.05, 0) is 31.4 Å². The molecule has 1 atom stereocenters. The highest BCUT2D eigenvalue weighted by molar-refractivity contribution is 5.97. The zero-order chi connectivity index (χ0) is 18.1. The number of ether oxygens (including phenoxy) is 2. The molecule has 3 heterocycles. The average molecular weight is 355 g/mol. The van der Waals surface area contributed by atoms with Crippen molar-refractivity contribution in [3.05, 3.63) is 48.0 Å². The summed E-state index contributed by atoms with van der Waals surface area (Å²) in [5, 5.41) is 0. The Morgan fingerprint density at radius 2 is 2.12 bits per heavy atom. The fourth-order valence-electron chi connectivity index (χ4n) is 4.16. The second-order valence-electron chi connectivity index (χ2n) is 7.24. The molecule has 6 heteroatoms. The van der Waals surface area contributed by atoms with E-state index in [0.29, 0.717) is 6.54 Å². The Kier molecular flexibility index (Phi) is 4.54. The molecule has 1 saturated heterocycles. The Bertz CT molecular complexity index is 795. The average Bonchev–Trinajstić information content (AvgIpc) is 3.23. The van der Waals surface area contributed by atoms with Crippen LogP contribution in [0.3, 0.4) is 0 Å². The van der Waals surface area contributed by atoms with Crippen LogP contribution in [0.2, 0.25) is 0 Å². The van der Waals surface area contributed by atoms with E-state index >= 15 is 0 Å². The molecular weight excluding hydrogens is 330 g/mol. The molecule has 1 aromatic carbocycles. The third-order valence-electron chi connectivity index (χ3n) is 5.66. The van der Waals surface area contributed by atoms with Gasteiger partial charge < -0.3 is 18.9 Å². The van der Waals surface area contributed by atoms with Gasteiger partial charge in [0.25, 0.3) is 5.91 Å². The van der Waals surface area contributed by atoms with E-state index < -0.39 is 0 Å². The molecular formula is C20H25N3O3. The zero-order valence-corrected chi connectivity index (χ0v) is 15.4. The first-order valence-corrected chi connectivity index (χ1v) is 9.17. The minimum atomic E-state index is -0.228. The van der Waals surface area contributed by atoms with E-state index in [2.05, 4.69) is 17.1 Å². The van der Waals surface area contributed by atoms with Gasteiger partial charge in [0.2, 0.25) is 0 Å². The maximum absolute atomic E-state index is 12.9. The fourth-order valence-corrected chi connectivity index (χ4v) is 4.16. The summed E-state index contributed by atoms with van der Waals surface area (Å²) in [5.41, 5.74) is 2.32.